The summed E-state index contributed by atoms with van der Waals surface area (Å²) in [6.07, 6.45) is 0.578. The number of aliphatic hydroxyl groups excluding tert-OH is 1. The molecule has 2 heterocycles. The van der Waals surface area contributed by atoms with Crippen LogP contribution in [0.5, 0.6) is 0 Å². The molecule has 0 spiro atoms. The predicted molar refractivity (Wildman–Crippen MR) is 114 cm³/mol. The van der Waals surface area contributed by atoms with E-state index in [1.165, 1.54) is 22.1 Å². The van der Waals surface area contributed by atoms with Gasteiger partial charge in [-0.15, -0.1) is 11.3 Å². The molecule has 0 saturated carbocycles. The van der Waals surface area contributed by atoms with Crippen molar-refractivity contribution in [1.29, 1.82) is 0 Å². The molecule has 2 aromatic carbocycles. The highest BCUT2D eigenvalue weighted by Gasteiger charge is 2.13. The summed E-state index contributed by atoms with van der Waals surface area (Å²) in [6.45, 7) is 2.16. The molecule has 0 bridgehead atoms. The lowest BCUT2D eigenvalue weighted by molar-refractivity contribution is 0.184. The van der Waals surface area contributed by atoms with Gasteiger partial charge in [0.2, 0.25) is 0 Å². The zero-order valence-corrected chi connectivity index (χ0v) is 16.0. The molecule has 0 amide bonds. The van der Waals surface area contributed by atoms with Crippen molar-refractivity contribution in [1.82, 2.24) is 4.98 Å². The van der Waals surface area contributed by atoms with E-state index in [4.69, 9.17) is 10.7 Å². The molecule has 27 heavy (non-hydrogen) atoms. The van der Waals surface area contributed by atoms with Gasteiger partial charge >= 0.3 is 0 Å². The molecule has 0 fully saturated rings. The Morgan fingerprint density at radius 1 is 1.04 bits per heavy atom. The molecule has 1 unspecified atom stereocenters. The van der Waals surface area contributed by atoms with Crippen molar-refractivity contribution in [3.05, 3.63) is 77.2 Å². The average molecular weight is 375 g/mol. The highest BCUT2D eigenvalue weighted by Crippen LogP contribution is 2.35. The quantitative estimate of drug-likeness (QED) is 0.483. The third kappa shape index (κ3) is 3.65. The van der Waals surface area contributed by atoms with Gasteiger partial charge in [0.1, 0.15) is 6.23 Å². The lowest BCUT2D eigenvalue weighted by Crippen LogP contribution is -2.20. The number of para-hydroxylation sites is 1. The summed E-state index contributed by atoms with van der Waals surface area (Å²) >= 11 is 1.64. The van der Waals surface area contributed by atoms with Gasteiger partial charge in [-0.3, -0.25) is 0 Å². The summed E-state index contributed by atoms with van der Waals surface area (Å²) in [6, 6.07) is 23.1. The van der Waals surface area contributed by atoms with Gasteiger partial charge in [0.25, 0.3) is 0 Å². The number of aliphatic hydroxyl groups is 1. The van der Waals surface area contributed by atoms with E-state index in [1.807, 2.05) is 12.1 Å². The van der Waals surface area contributed by atoms with Crippen molar-refractivity contribution < 1.29 is 5.11 Å². The number of hydrogen-bond acceptors (Lipinski definition) is 4. The van der Waals surface area contributed by atoms with Crippen molar-refractivity contribution in [2.45, 2.75) is 26.0 Å². The van der Waals surface area contributed by atoms with Gasteiger partial charge in [0.15, 0.2) is 0 Å². The fourth-order valence-electron chi connectivity index (χ4n) is 3.41. The van der Waals surface area contributed by atoms with Crippen molar-refractivity contribution in [3.63, 3.8) is 0 Å². The minimum atomic E-state index is -0.826. The van der Waals surface area contributed by atoms with Crippen LogP contribution >= 0.6 is 11.3 Å². The molecule has 4 rings (SSSR count). The van der Waals surface area contributed by atoms with E-state index >= 15 is 0 Å². The lowest BCUT2D eigenvalue weighted by atomic mass is 9.97. The molecule has 4 heteroatoms. The zero-order valence-electron chi connectivity index (χ0n) is 15.2. The summed E-state index contributed by atoms with van der Waals surface area (Å²) in [5, 5.41) is 10.6. The lowest BCUT2D eigenvalue weighted by Gasteiger charge is -2.12. The van der Waals surface area contributed by atoms with Crippen molar-refractivity contribution >= 4 is 22.2 Å². The van der Waals surface area contributed by atoms with Gasteiger partial charge in [-0.1, -0.05) is 55.5 Å². The maximum absolute atomic E-state index is 9.46. The number of rotatable bonds is 5. The predicted octanol–water partition coefficient (Wildman–Crippen LogP) is 5.01. The molecule has 3 N–H and O–H groups in total. The van der Waals surface area contributed by atoms with Gasteiger partial charge in [0, 0.05) is 16.7 Å². The molecule has 0 aliphatic heterocycles. The van der Waals surface area contributed by atoms with E-state index in [-0.39, 0.29) is 0 Å². The van der Waals surface area contributed by atoms with E-state index in [9.17, 15) is 5.11 Å². The molecule has 0 saturated heterocycles. The van der Waals surface area contributed by atoms with Crippen molar-refractivity contribution in [2.24, 2.45) is 5.73 Å². The number of benzene rings is 2. The van der Waals surface area contributed by atoms with Gasteiger partial charge in [-0.05, 0) is 41.3 Å². The van der Waals surface area contributed by atoms with Crippen LogP contribution in [0.1, 0.15) is 17.4 Å². The fourth-order valence-corrected chi connectivity index (χ4v) is 4.43. The average Bonchev–Trinajstić information content (AvgIpc) is 3.15. The van der Waals surface area contributed by atoms with Crippen LogP contribution in [0.3, 0.4) is 0 Å². The monoisotopic (exact) mass is 374 g/mol. The Bertz CT molecular complexity index is 1070. The Kier molecular flexibility index (Phi) is 5.03. The van der Waals surface area contributed by atoms with Crippen LogP contribution in [0, 0.1) is 0 Å². The van der Waals surface area contributed by atoms with E-state index in [1.54, 1.807) is 11.3 Å². The molecule has 4 aromatic rings. The van der Waals surface area contributed by atoms with E-state index < -0.39 is 6.23 Å². The number of aryl methyl sites for hydroxylation is 1. The van der Waals surface area contributed by atoms with Crippen LogP contribution in [-0.2, 0) is 12.8 Å². The highest BCUT2D eigenvalue weighted by molar-refractivity contribution is 7.15. The Labute approximate surface area is 163 Å². The van der Waals surface area contributed by atoms with Gasteiger partial charge in [-0.2, -0.15) is 0 Å². The second kappa shape index (κ2) is 7.61. The van der Waals surface area contributed by atoms with Crippen LogP contribution in [0.2, 0.25) is 0 Å². The third-order valence-corrected chi connectivity index (χ3v) is 5.84. The van der Waals surface area contributed by atoms with E-state index in [0.717, 1.165) is 27.4 Å². The molecule has 136 valence electrons. The first-order valence-corrected chi connectivity index (χ1v) is 9.98. The Balaban J connectivity index is 1.92. The Hall–Kier alpha value is -2.53. The molecule has 0 radical (unpaired) electrons. The molecule has 3 nitrogen and oxygen atoms in total. The molecule has 1 atom stereocenters. The molecular formula is C23H22N2OS. The first kappa shape index (κ1) is 17.9. The number of hydrogen-bond donors (Lipinski definition) is 2. The summed E-state index contributed by atoms with van der Waals surface area (Å²) in [7, 11) is 0. The SMILES string of the molecule is CCc1cccc2c(-c3ccccc3)cc(-c3ccc(CC(N)O)s3)nc12. The van der Waals surface area contributed by atoms with Gasteiger partial charge < -0.3 is 10.8 Å². The first-order valence-electron chi connectivity index (χ1n) is 9.16. The largest absolute Gasteiger partial charge is 0.378 e. The second-order valence-corrected chi connectivity index (χ2v) is 7.79. The van der Waals surface area contributed by atoms with Crippen molar-refractivity contribution in [3.8, 4) is 21.7 Å². The molecule has 2 aromatic heterocycles. The Morgan fingerprint density at radius 2 is 1.85 bits per heavy atom. The normalized spacial score (nSPS) is 12.4. The summed E-state index contributed by atoms with van der Waals surface area (Å²) in [4.78, 5) is 7.17. The minimum absolute atomic E-state index is 0.462. The number of aromatic nitrogens is 1. The van der Waals surface area contributed by atoms with Gasteiger partial charge in [0.05, 0.1) is 16.1 Å². The van der Waals surface area contributed by atoms with E-state index in [0.29, 0.717) is 6.42 Å². The zero-order chi connectivity index (χ0) is 18.8. The maximum atomic E-state index is 9.46. The minimum Gasteiger partial charge on any atom is -0.378 e. The number of nitrogens with zero attached hydrogens (tertiary/aromatic N) is 1. The van der Waals surface area contributed by atoms with Gasteiger partial charge in [-0.25, -0.2) is 4.98 Å². The summed E-state index contributed by atoms with van der Waals surface area (Å²) in [5.74, 6) is 0. The number of pyridine rings is 1. The number of fused-ring (bicyclic) bond motifs is 1. The molecular weight excluding hydrogens is 352 g/mol. The van der Waals surface area contributed by atoms with Crippen LogP contribution in [0.4, 0.5) is 0 Å². The van der Waals surface area contributed by atoms with Crippen LogP contribution < -0.4 is 5.73 Å². The van der Waals surface area contributed by atoms with E-state index in [2.05, 4.69) is 61.5 Å². The molecule has 0 aliphatic carbocycles. The standard InChI is InChI=1S/C23H22N2OS/c1-2-15-9-6-10-18-19(16-7-4-3-5-8-16)14-20(25-23(15)18)21-12-11-17(27-21)13-22(24)26/h3-12,14,22,26H,2,13,24H2,1H3. The second-order valence-electron chi connectivity index (χ2n) is 6.63. The fraction of sp³-hybridized carbons (Fsp3) is 0.174. The Morgan fingerprint density at radius 3 is 2.59 bits per heavy atom. The highest BCUT2D eigenvalue weighted by atomic mass is 32.1. The first-order chi connectivity index (χ1) is 13.2. The summed E-state index contributed by atoms with van der Waals surface area (Å²) in [5.41, 5.74) is 11.2. The maximum Gasteiger partial charge on any atom is 0.107 e. The molecule has 0 aliphatic rings. The number of thiophene rings is 1. The van der Waals surface area contributed by atoms with Crippen molar-refractivity contribution in [2.75, 3.05) is 0 Å². The van der Waals surface area contributed by atoms with Crippen LogP contribution in [0.25, 0.3) is 32.6 Å². The number of nitrogens with two attached hydrogens (primary N) is 1. The topological polar surface area (TPSA) is 59.1 Å². The van der Waals surface area contributed by atoms with Crippen LogP contribution in [-0.4, -0.2) is 16.3 Å². The third-order valence-electron chi connectivity index (χ3n) is 4.71. The van der Waals surface area contributed by atoms with Crippen LogP contribution in [0.15, 0.2) is 66.7 Å². The summed E-state index contributed by atoms with van der Waals surface area (Å²) < 4.78 is 0. The smallest absolute Gasteiger partial charge is 0.107 e.